The maximum atomic E-state index is 12.5. The van der Waals surface area contributed by atoms with E-state index in [1.165, 1.54) is 6.42 Å². The molecule has 1 aromatic rings. The Bertz CT molecular complexity index is 441. The smallest absolute Gasteiger partial charge is 0.254 e. The largest absolute Gasteiger partial charge is 0.399 e. The standard InChI is InChI=1S/C14H19ClN2O/c1-9-4-3-5-17(10(9)2)14(18)11-6-12(15)8-13(16)7-11/h6-10H,3-5,16H2,1-2H3. The van der Waals surface area contributed by atoms with Gasteiger partial charge in [0.15, 0.2) is 0 Å². The number of piperidine rings is 1. The van der Waals surface area contributed by atoms with Crippen molar-refractivity contribution in [2.24, 2.45) is 5.92 Å². The summed E-state index contributed by atoms with van der Waals surface area (Å²) in [4.78, 5) is 14.4. The Morgan fingerprint density at radius 2 is 2.11 bits per heavy atom. The quantitative estimate of drug-likeness (QED) is 0.794. The second-order valence-electron chi connectivity index (χ2n) is 5.13. The fourth-order valence-corrected chi connectivity index (χ4v) is 2.77. The molecule has 3 nitrogen and oxygen atoms in total. The van der Waals surface area contributed by atoms with Crippen molar-refractivity contribution in [2.45, 2.75) is 32.7 Å². The highest BCUT2D eigenvalue weighted by molar-refractivity contribution is 6.31. The Balaban J connectivity index is 2.24. The fourth-order valence-electron chi connectivity index (χ4n) is 2.52. The summed E-state index contributed by atoms with van der Waals surface area (Å²) in [7, 11) is 0. The normalized spacial score (nSPS) is 24.1. The molecule has 4 heteroatoms. The van der Waals surface area contributed by atoms with Gasteiger partial charge in [0.1, 0.15) is 0 Å². The van der Waals surface area contributed by atoms with Crippen molar-refractivity contribution < 1.29 is 4.79 Å². The number of carbonyl (C=O) groups excluding carboxylic acids is 1. The molecule has 2 N–H and O–H groups in total. The minimum absolute atomic E-state index is 0.0308. The summed E-state index contributed by atoms with van der Waals surface area (Å²) in [6.45, 7) is 5.11. The maximum Gasteiger partial charge on any atom is 0.254 e. The van der Waals surface area contributed by atoms with Gasteiger partial charge in [0.25, 0.3) is 5.91 Å². The molecule has 1 amide bonds. The van der Waals surface area contributed by atoms with Gasteiger partial charge in [-0.3, -0.25) is 4.79 Å². The summed E-state index contributed by atoms with van der Waals surface area (Å²) in [6, 6.07) is 5.30. The number of amides is 1. The Morgan fingerprint density at radius 1 is 1.39 bits per heavy atom. The summed E-state index contributed by atoms with van der Waals surface area (Å²) in [6.07, 6.45) is 2.25. The molecular formula is C14H19ClN2O. The Hall–Kier alpha value is -1.22. The number of anilines is 1. The fraction of sp³-hybridized carbons (Fsp3) is 0.500. The summed E-state index contributed by atoms with van der Waals surface area (Å²) in [5, 5.41) is 0.510. The molecule has 0 radical (unpaired) electrons. The first kappa shape index (κ1) is 13.2. The molecule has 1 heterocycles. The summed E-state index contributed by atoms with van der Waals surface area (Å²) in [5.41, 5.74) is 6.85. The molecule has 2 unspecified atom stereocenters. The van der Waals surface area contributed by atoms with Gasteiger partial charge in [-0.1, -0.05) is 18.5 Å². The zero-order chi connectivity index (χ0) is 13.3. The predicted octanol–water partition coefficient (Wildman–Crippen LogP) is 3.18. The van der Waals surface area contributed by atoms with Gasteiger partial charge in [-0.25, -0.2) is 0 Å². The molecule has 0 spiro atoms. The average Bonchev–Trinajstić information content (AvgIpc) is 2.30. The molecule has 1 aliphatic heterocycles. The Labute approximate surface area is 113 Å². The molecule has 1 aliphatic rings. The lowest BCUT2D eigenvalue weighted by Gasteiger charge is -2.38. The minimum Gasteiger partial charge on any atom is -0.399 e. The van der Waals surface area contributed by atoms with Gasteiger partial charge >= 0.3 is 0 Å². The van der Waals surface area contributed by atoms with Crippen LogP contribution in [0.3, 0.4) is 0 Å². The van der Waals surface area contributed by atoms with Crippen molar-refractivity contribution in [3.8, 4) is 0 Å². The molecule has 0 aromatic heterocycles. The molecule has 1 aromatic carbocycles. The van der Waals surface area contributed by atoms with Crippen molar-refractivity contribution in [1.29, 1.82) is 0 Å². The number of nitrogens with zero attached hydrogens (tertiary/aromatic N) is 1. The molecule has 98 valence electrons. The van der Waals surface area contributed by atoms with Crippen LogP contribution < -0.4 is 5.73 Å². The number of halogens is 1. The molecule has 2 atom stereocenters. The van der Waals surface area contributed by atoms with Crippen LogP contribution in [0.1, 0.15) is 37.0 Å². The summed E-state index contributed by atoms with van der Waals surface area (Å²) < 4.78 is 0. The molecule has 18 heavy (non-hydrogen) atoms. The van der Waals surface area contributed by atoms with Crippen LogP contribution in [-0.4, -0.2) is 23.4 Å². The zero-order valence-corrected chi connectivity index (χ0v) is 11.6. The van der Waals surface area contributed by atoms with Crippen molar-refractivity contribution in [3.63, 3.8) is 0 Å². The molecule has 2 rings (SSSR count). The third kappa shape index (κ3) is 2.61. The van der Waals surface area contributed by atoms with Gasteiger partial charge in [-0.15, -0.1) is 0 Å². The average molecular weight is 267 g/mol. The van der Waals surface area contributed by atoms with Crippen molar-refractivity contribution in [2.75, 3.05) is 12.3 Å². The van der Waals surface area contributed by atoms with Crippen molar-refractivity contribution in [1.82, 2.24) is 4.90 Å². The number of rotatable bonds is 1. The van der Waals surface area contributed by atoms with Gasteiger partial charge in [-0.2, -0.15) is 0 Å². The van der Waals surface area contributed by atoms with Gasteiger partial charge in [0, 0.05) is 28.9 Å². The van der Waals surface area contributed by atoms with Crippen LogP contribution in [0.25, 0.3) is 0 Å². The van der Waals surface area contributed by atoms with E-state index in [-0.39, 0.29) is 11.9 Å². The van der Waals surface area contributed by atoms with Gasteiger partial charge in [0.05, 0.1) is 0 Å². The van der Waals surface area contributed by atoms with E-state index in [2.05, 4.69) is 13.8 Å². The monoisotopic (exact) mass is 266 g/mol. The third-order valence-corrected chi connectivity index (χ3v) is 4.02. The first-order valence-electron chi connectivity index (χ1n) is 6.36. The molecular weight excluding hydrogens is 248 g/mol. The van der Waals surface area contributed by atoms with E-state index >= 15 is 0 Å². The maximum absolute atomic E-state index is 12.5. The van der Waals surface area contributed by atoms with Crippen LogP contribution in [-0.2, 0) is 0 Å². The number of benzene rings is 1. The first-order valence-corrected chi connectivity index (χ1v) is 6.74. The zero-order valence-electron chi connectivity index (χ0n) is 10.8. The number of hydrogen-bond donors (Lipinski definition) is 1. The Kier molecular flexibility index (Phi) is 3.81. The van der Waals surface area contributed by atoms with Crippen LogP contribution in [0.4, 0.5) is 5.69 Å². The second-order valence-corrected chi connectivity index (χ2v) is 5.57. The van der Waals surface area contributed by atoms with E-state index < -0.39 is 0 Å². The van der Waals surface area contributed by atoms with Crippen molar-refractivity contribution >= 4 is 23.2 Å². The highest BCUT2D eigenvalue weighted by Gasteiger charge is 2.29. The number of likely N-dealkylation sites (tertiary alicyclic amines) is 1. The highest BCUT2D eigenvalue weighted by Crippen LogP contribution is 2.26. The molecule has 1 saturated heterocycles. The topological polar surface area (TPSA) is 46.3 Å². The first-order chi connectivity index (χ1) is 8.49. The predicted molar refractivity (Wildman–Crippen MR) is 74.8 cm³/mol. The number of nitrogens with two attached hydrogens (primary N) is 1. The minimum atomic E-state index is 0.0308. The van der Waals surface area contributed by atoms with Crippen molar-refractivity contribution in [3.05, 3.63) is 28.8 Å². The molecule has 0 bridgehead atoms. The second kappa shape index (κ2) is 5.19. The van der Waals surface area contributed by atoms with E-state index in [1.54, 1.807) is 18.2 Å². The highest BCUT2D eigenvalue weighted by atomic mass is 35.5. The summed E-state index contributed by atoms with van der Waals surface area (Å²) in [5.74, 6) is 0.572. The van der Waals surface area contributed by atoms with Gasteiger partial charge < -0.3 is 10.6 Å². The van der Waals surface area contributed by atoms with Gasteiger partial charge in [-0.05, 0) is 43.9 Å². The molecule has 0 aliphatic carbocycles. The van der Waals surface area contributed by atoms with Crippen LogP contribution in [0.2, 0.25) is 5.02 Å². The summed E-state index contributed by atoms with van der Waals surface area (Å²) >= 11 is 5.95. The SMILES string of the molecule is CC1CCCN(C(=O)c2cc(N)cc(Cl)c2)C1C. The number of nitrogen functional groups attached to an aromatic ring is 1. The van der Waals surface area contributed by atoms with E-state index in [9.17, 15) is 4.79 Å². The van der Waals surface area contributed by atoms with E-state index in [1.807, 2.05) is 4.90 Å². The van der Waals surface area contributed by atoms with Crippen LogP contribution >= 0.6 is 11.6 Å². The van der Waals surface area contributed by atoms with E-state index in [4.69, 9.17) is 17.3 Å². The number of hydrogen-bond acceptors (Lipinski definition) is 2. The molecule has 1 fully saturated rings. The van der Waals surface area contributed by atoms with Crippen LogP contribution in [0, 0.1) is 5.92 Å². The Morgan fingerprint density at radius 3 is 2.78 bits per heavy atom. The lowest BCUT2D eigenvalue weighted by atomic mass is 9.91. The lowest BCUT2D eigenvalue weighted by Crippen LogP contribution is -2.46. The molecule has 0 saturated carbocycles. The van der Waals surface area contributed by atoms with Crippen LogP contribution in [0.5, 0.6) is 0 Å². The third-order valence-electron chi connectivity index (χ3n) is 3.80. The lowest BCUT2D eigenvalue weighted by molar-refractivity contribution is 0.0551. The van der Waals surface area contributed by atoms with Crippen LogP contribution in [0.15, 0.2) is 18.2 Å². The van der Waals surface area contributed by atoms with E-state index in [0.717, 1.165) is 13.0 Å². The van der Waals surface area contributed by atoms with Gasteiger partial charge in [0.2, 0.25) is 0 Å². The number of carbonyl (C=O) groups is 1. The van der Waals surface area contributed by atoms with E-state index in [0.29, 0.717) is 22.2 Å².